The summed E-state index contributed by atoms with van der Waals surface area (Å²) in [5.74, 6) is -1.50. The maximum Gasteiger partial charge on any atom is 0.338 e. The molecule has 0 bridgehead atoms. The molecule has 192 valence electrons. The normalized spacial score (nSPS) is 18.2. The summed E-state index contributed by atoms with van der Waals surface area (Å²) in [5, 5.41) is 13.0. The minimum atomic E-state index is -4.04. The number of anilines is 1. The van der Waals surface area contributed by atoms with E-state index in [-0.39, 0.29) is 22.1 Å². The first-order valence-corrected chi connectivity index (χ1v) is 13.9. The molecule has 2 aromatic carbocycles. The maximum absolute atomic E-state index is 13.1. The largest absolute Gasteiger partial charge is 0.478 e. The Balaban J connectivity index is 1.62. The van der Waals surface area contributed by atoms with Gasteiger partial charge in [-0.3, -0.25) is 9.52 Å². The molecule has 1 aliphatic carbocycles. The first kappa shape index (κ1) is 25.9. The highest BCUT2D eigenvalue weighted by Crippen LogP contribution is 2.35. The number of carbonyl (C=O) groups excluding carboxylic acids is 1. The third kappa shape index (κ3) is 5.96. The van der Waals surface area contributed by atoms with Crippen LogP contribution in [0.1, 0.15) is 59.2 Å². The van der Waals surface area contributed by atoms with Crippen LogP contribution >= 0.6 is 0 Å². The van der Waals surface area contributed by atoms with Crippen LogP contribution in [0.2, 0.25) is 0 Å². The Labute approximate surface area is 212 Å². The molecule has 3 N–H and O–H groups in total. The number of likely N-dealkylation sites (tertiary alicyclic amines) is 1. The van der Waals surface area contributed by atoms with Crippen LogP contribution in [-0.2, 0) is 27.7 Å². The van der Waals surface area contributed by atoms with E-state index in [4.69, 9.17) is 0 Å². The smallest absolute Gasteiger partial charge is 0.338 e. The van der Waals surface area contributed by atoms with Gasteiger partial charge in [0, 0.05) is 18.7 Å². The molecule has 1 saturated heterocycles. The molecule has 0 saturated carbocycles. The highest BCUT2D eigenvalue weighted by Gasteiger charge is 2.27. The number of hydrogen-bond donors (Lipinski definition) is 3. The highest BCUT2D eigenvalue weighted by atomic mass is 32.2. The average molecular weight is 512 g/mol. The summed E-state index contributed by atoms with van der Waals surface area (Å²) >= 11 is 0. The number of aromatic carboxylic acids is 1. The Morgan fingerprint density at radius 2 is 1.89 bits per heavy atom. The lowest BCUT2D eigenvalue weighted by atomic mass is 9.85. The Morgan fingerprint density at radius 1 is 1.14 bits per heavy atom. The number of rotatable bonds is 9. The van der Waals surface area contributed by atoms with E-state index in [0.717, 1.165) is 37.8 Å². The van der Waals surface area contributed by atoms with E-state index in [2.05, 4.69) is 22.0 Å². The molecule has 2 aliphatic rings. The first-order valence-electron chi connectivity index (χ1n) is 12.4. The number of nitrogens with one attached hydrogen (secondary N) is 2. The van der Waals surface area contributed by atoms with Gasteiger partial charge >= 0.3 is 5.97 Å². The van der Waals surface area contributed by atoms with E-state index < -0.39 is 16.0 Å². The van der Waals surface area contributed by atoms with Gasteiger partial charge in [0.15, 0.2) is 0 Å². The number of nitrogens with zero attached hydrogens (tertiary/aromatic N) is 1. The van der Waals surface area contributed by atoms with E-state index in [0.29, 0.717) is 36.6 Å². The SMILES string of the molecule is CN1CCCC1CCNC(=O)C=Cc1cc2c(c(C(=O)O)c1NS(=O)(=O)c1ccccc1)CCCC2. The second-order valence-electron chi connectivity index (χ2n) is 9.47. The van der Waals surface area contributed by atoms with Crippen LogP contribution in [0.3, 0.4) is 0 Å². The number of carbonyl (C=O) groups is 2. The summed E-state index contributed by atoms with van der Waals surface area (Å²) < 4.78 is 28.7. The average Bonchev–Trinajstić information content (AvgIpc) is 3.27. The molecule has 1 fully saturated rings. The minimum Gasteiger partial charge on any atom is -0.478 e. The fourth-order valence-corrected chi connectivity index (χ4v) is 6.25. The van der Waals surface area contributed by atoms with Crippen molar-refractivity contribution in [2.45, 2.75) is 55.9 Å². The second kappa shape index (κ2) is 11.3. The van der Waals surface area contributed by atoms with Crippen molar-refractivity contribution in [1.29, 1.82) is 0 Å². The zero-order valence-electron chi connectivity index (χ0n) is 20.5. The molecule has 1 atom stereocenters. The van der Waals surface area contributed by atoms with Crippen molar-refractivity contribution in [3.8, 4) is 0 Å². The second-order valence-corrected chi connectivity index (χ2v) is 11.2. The Hall–Kier alpha value is -3.17. The van der Waals surface area contributed by atoms with Gasteiger partial charge in [-0.1, -0.05) is 18.2 Å². The van der Waals surface area contributed by atoms with Crippen LogP contribution in [0.5, 0.6) is 0 Å². The van der Waals surface area contributed by atoms with Crippen molar-refractivity contribution in [3.05, 3.63) is 64.7 Å². The van der Waals surface area contributed by atoms with Gasteiger partial charge < -0.3 is 15.3 Å². The summed E-state index contributed by atoms with van der Waals surface area (Å²) in [6, 6.07) is 10.1. The molecule has 8 nitrogen and oxygen atoms in total. The van der Waals surface area contributed by atoms with Crippen LogP contribution in [0.4, 0.5) is 5.69 Å². The fraction of sp³-hybridized carbons (Fsp3) is 0.407. The van der Waals surface area contributed by atoms with Crippen LogP contribution in [-0.4, -0.2) is 56.5 Å². The zero-order valence-corrected chi connectivity index (χ0v) is 21.3. The van der Waals surface area contributed by atoms with Gasteiger partial charge in [-0.05, 0) is 99.5 Å². The molecular formula is C27H33N3O5S. The molecule has 1 amide bonds. The standard InChI is InChI=1S/C27H33N3O5S/c1-30-17-7-9-21(30)15-16-28-24(31)14-13-20-18-19-8-5-6-12-23(19)25(27(32)33)26(20)29-36(34,35)22-10-3-2-4-11-22/h2-4,10-11,13-14,18,21,29H,5-9,12,15-17H2,1H3,(H,28,31)(H,32,33). The van der Waals surface area contributed by atoms with Crippen LogP contribution in [0.15, 0.2) is 47.4 Å². The van der Waals surface area contributed by atoms with E-state index in [1.54, 1.807) is 24.3 Å². The molecular weight excluding hydrogens is 478 g/mol. The van der Waals surface area contributed by atoms with E-state index in [9.17, 15) is 23.1 Å². The quantitative estimate of drug-likeness (QED) is 0.443. The first-order chi connectivity index (χ1) is 17.3. The fourth-order valence-electron chi connectivity index (χ4n) is 5.13. The van der Waals surface area contributed by atoms with Crippen molar-refractivity contribution in [2.75, 3.05) is 24.9 Å². The Morgan fingerprint density at radius 3 is 2.58 bits per heavy atom. The lowest BCUT2D eigenvalue weighted by Gasteiger charge is -2.23. The van der Waals surface area contributed by atoms with Crippen LogP contribution in [0.25, 0.3) is 6.08 Å². The molecule has 2 aromatic rings. The number of aryl methyl sites for hydroxylation is 1. The molecule has 1 aliphatic heterocycles. The van der Waals surface area contributed by atoms with Gasteiger partial charge in [0.25, 0.3) is 10.0 Å². The van der Waals surface area contributed by atoms with E-state index in [1.165, 1.54) is 30.7 Å². The van der Waals surface area contributed by atoms with Crippen molar-refractivity contribution in [2.24, 2.45) is 0 Å². The number of carboxylic acids is 1. The molecule has 1 heterocycles. The highest BCUT2D eigenvalue weighted by molar-refractivity contribution is 7.92. The molecule has 0 spiro atoms. The maximum atomic E-state index is 13.1. The molecule has 0 radical (unpaired) electrons. The third-order valence-electron chi connectivity index (χ3n) is 7.05. The molecule has 1 unspecified atom stereocenters. The van der Waals surface area contributed by atoms with Gasteiger partial charge in [-0.15, -0.1) is 0 Å². The van der Waals surface area contributed by atoms with Gasteiger partial charge in [-0.25, -0.2) is 13.2 Å². The van der Waals surface area contributed by atoms with Gasteiger partial charge in [0.2, 0.25) is 5.91 Å². The van der Waals surface area contributed by atoms with Gasteiger partial charge in [-0.2, -0.15) is 0 Å². The number of hydrogen-bond acceptors (Lipinski definition) is 5. The lowest BCUT2D eigenvalue weighted by molar-refractivity contribution is -0.116. The molecule has 0 aromatic heterocycles. The summed E-state index contributed by atoms with van der Waals surface area (Å²) in [6.45, 7) is 1.61. The van der Waals surface area contributed by atoms with Crippen molar-refractivity contribution in [3.63, 3.8) is 0 Å². The van der Waals surface area contributed by atoms with Crippen LogP contribution in [0, 0.1) is 0 Å². The Kier molecular flexibility index (Phi) is 8.11. The molecule has 4 rings (SSSR count). The predicted molar refractivity (Wildman–Crippen MR) is 140 cm³/mol. The zero-order chi connectivity index (χ0) is 25.7. The van der Waals surface area contributed by atoms with Crippen molar-refractivity contribution < 1.29 is 23.1 Å². The van der Waals surface area contributed by atoms with Gasteiger partial charge in [0.05, 0.1) is 16.1 Å². The summed E-state index contributed by atoms with van der Waals surface area (Å²) in [4.78, 5) is 27.2. The van der Waals surface area contributed by atoms with Crippen LogP contribution < -0.4 is 10.0 Å². The summed E-state index contributed by atoms with van der Waals surface area (Å²) in [5.41, 5.74) is 1.84. The Bertz CT molecular complexity index is 1260. The number of sulfonamides is 1. The number of fused-ring (bicyclic) bond motifs is 1. The number of benzene rings is 2. The third-order valence-corrected chi connectivity index (χ3v) is 8.41. The summed E-state index contributed by atoms with van der Waals surface area (Å²) in [6.07, 6.45) is 9.05. The molecule has 9 heteroatoms. The van der Waals surface area contributed by atoms with E-state index >= 15 is 0 Å². The van der Waals surface area contributed by atoms with Crippen molar-refractivity contribution >= 4 is 33.7 Å². The predicted octanol–water partition coefficient (Wildman–Crippen LogP) is 3.68. The molecule has 36 heavy (non-hydrogen) atoms. The topological polar surface area (TPSA) is 116 Å². The number of carboxylic acid groups (broad SMARTS) is 1. The number of amides is 1. The minimum absolute atomic E-state index is 0.0105. The van der Waals surface area contributed by atoms with E-state index in [1.807, 2.05) is 0 Å². The summed E-state index contributed by atoms with van der Waals surface area (Å²) in [7, 11) is -1.95. The van der Waals surface area contributed by atoms with Gasteiger partial charge in [0.1, 0.15) is 0 Å². The lowest BCUT2D eigenvalue weighted by Crippen LogP contribution is -2.31. The van der Waals surface area contributed by atoms with Crippen molar-refractivity contribution in [1.82, 2.24) is 10.2 Å². The monoisotopic (exact) mass is 511 g/mol.